The highest BCUT2D eigenvalue weighted by Crippen LogP contribution is 2.67. The summed E-state index contributed by atoms with van der Waals surface area (Å²) in [6.07, 6.45) is 23.2. The first kappa shape index (κ1) is 19.1. The Labute approximate surface area is 177 Å². The van der Waals surface area contributed by atoms with Crippen LogP contribution in [0.25, 0.3) is 0 Å². The summed E-state index contributed by atoms with van der Waals surface area (Å²) in [5.74, 6) is 1.70. The molecule has 2 nitrogen and oxygen atoms in total. The summed E-state index contributed by atoms with van der Waals surface area (Å²) in [4.78, 5) is 0. The molecule has 2 saturated carbocycles. The zero-order chi connectivity index (χ0) is 20.0. The summed E-state index contributed by atoms with van der Waals surface area (Å²) < 4.78 is 11.7. The average Bonchev–Trinajstić information content (AvgIpc) is 3.54. The van der Waals surface area contributed by atoms with Gasteiger partial charge in [-0.1, -0.05) is 62.4 Å². The molecule has 3 heteroatoms. The highest BCUT2D eigenvalue weighted by molar-refractivity contribution is 7.00. The molecular weight excluding hydrogens is 372 g/mol. The maximum Gasteiger partial charge on any atom is 0.129 e. The molecule has 0 radical (unpaired) electrons. The second-order valence-electron chi connectivity index (χ2n) is 12.3. The van der Waals surface area contributed by atoms with Gasteiger partial charge in [-0.3, -0.25) is 0 Å². The first-order valence-electron chi connectivity index (χ1n) is 12.2. The third-order valence-electron chi connectivity index (χ3n) is 9.60. The molecule has 0 spiro atoms. The van der Waals surface area contributed by atoms with E-state index in [-0.39, 0.29) is 0 Å². The molecule has 4 aliphatic heterocycles. The van der Waals surface area contributed by atoms with E-state index < -0.39 is 8.07 Å². The van der Waals surface area contributed by atoms with Crippen LogP contribution in [0.1, 0.15) is 79.1 Å². The van der Waals surface area contributed by atoms with Gasteiger partial charge in [-0.05, 0) is 73.3 Å². The van der Waals surface area contributed by atoms with Crippen LogP contribution in [0.15, 0.2) is 34.7 Å². The van der Waals surface area contributed by atoms with Gasteiger partial charge in [-0.2, -0.15) is 0 Å². The fraction of sp³-hybridized carbons (Fsp3) is 0.769. The first-order valence-corrected chi connectivity index (χ1v) is 14.2. The summed E-state index contributed by atoms with van der Waals surface area (Å²) in [5, 5.41) is 4.20. The van der Waals surface area contributed by atoms with E-state index in [1.54, 1.807) is 10.4 Å². The van der Waals surface area contributed by atoms with Crippen LogP contribution in [0.2, 0.25) is 10.1 Å². The Morgan fingerprint density at radius 1 is 0.724 bits per heavy atom. The lowest BCUT2D eigenvalue weighted by atomic mass is 9.83. The highest BCUT2D eigenvalue weighted by atomic mass is 28.3. The lowest BCUT2D eigenvalue weighted by molar-refractivity contribution is 0.304. The van der Waals surface area contributed by atoms with Crippen LogP contribution < -0.4 is 0 Å². The van der Waals surface area contributed by atoms with Crippen molar-refractivity contribution in [3.63, 3.8) is 0 Å². The molecule has 6 rings (SSSR count). The largest absolute Gasteiger partial charge is 0.370 e. The Bertz CT molecular complexity index is 738. The van der Waals surface area contributed by atoms with Gasteiger partial charge < -0.3 is 9.47 Å². The van der Waals surface area contributed by atoms with Gasteiger partial charge in [-0.15, -0.1) is 0 Å². The number of hydrogen-bond donors (Lipinski definition) is 0. The predicted molar refractivity (Wildman–Crippen MR) is 120 cm³/mol. The van der Waals surface area contributed by atoms with Crippen LogP contribution in [-0.2, 0) is 9.47 Å². The van der Waals surface area contributed by atoms with Crippen molar-refractivity contribution in [1.29, 1.82) is 0 Å². The fourth-order valence-corrected chi connectivity index (χ4v) is 16.5. The lowest BCUT2D eigenvalue weighted by Crippen LogP contribution is -2.55. The van der Waals surface area contributed by atoms with Crippen molar-refractivity contribution in [3.05, 3.63) is 34.7 Å². The Kier molecular flexibility index (Phi) is 4.08. The average molecular weight is 411 g/mol. The van der Waals surface area contributed by atoms with Crippen LogP contribution in [0, 0.1) is 11.8 Å². The molecule has 0 aromatic carbocycles. The molecule has 29 heavy (non-hydrogen) atoms. The highest BCUT2D eigenvalue weighted by Gasteiger charge is 2.64. The quantitative estimate of drug-likeness (QED) is 0.372. The monoisotopic (exact) mass is 410 g/mol. The van der Waals surface area contributed by atoms with Crippen molar-refractivity contribution in [2.75, 3.05) is 0 Å². The number of allylic oxidation sites excluding steroid dienone is 6. The van der Waals surface area contributed by atoms with Gasteiger partial charge in [0, 0.05) is 0 Å². The Morgan fingerprint density at radius 3 is 1.55 bits per heavy atom. The number of hydrogen-bond acceptors (Lipinski definition) is 2. The minimum absolute atomic E-state index is 0.383. The lowest BCUT2D eigenvalue weighted by Gasteiger charge is -2.55. The number of epoxide rings is 2. The first-order chi connectivity index (χ1) is 13.8. The fourth-order valence-electron chi connectivity index (χ4n) is 8.71. The Balaban J connectivity index is 1.29. The smallest absolute Gasteiger partial charge is 0.129 e. The van der Waals surface area contributed by atoms with E-state index in [9.17, 15) is 0 Å². The standard InChI is InChI=1S/C26H38O2Si/c1-25(2,15-17-5-11-21-23(13-17)27-21)29(19-7-8-20(29)10-9-19)26(3,4)16-18-6-12-22-24(14-18)28-22/h7-10,17-18,21-24H,5-6,11-16H2,1-4H3. The van der Waals surface area contributed by atoms with Gasteiger partial charge in [0.2, 0.25) is 0 Å². The number of fused-ring (bicyclic) bond motifs is 4. The molecule has 158 valence electrons. The van der Waals surface area contributed by atoms with Crippen molar-refractivity contribution >= 4 is 8.07 Å². The van der Waals surface area contributed by atoms with Gasteiger partial charge in [0.25, 0.3) is 0 Å². The summed E-state index contributed by atoms with van der Waals surface area (Å²) in [7, 11) is -1.84. The van der Waals surface area contributed by atoms with Crippen molar-refractivity contribution in [3.8, 4) is 0 Å². The number of ether oxygens (including phenoxy) is 2. The second-order valence-corrected chi connectivity index (χ2v) is 17.6. The van der Waals surface area contributed by atoms with Gasteiger partial charge in [0.05, 0.1) is 24.4 Å². The molecule has 0 amide bonds. The third-order valence-corrected chi connectivity index (χ3v) is 16.5. The second kappa shape index (κ2) is 6.20. The molecule has 0 aromatic heterocycles. The van der Waals surface area contributed by atoms with E-state index in [0.29, 0.717) is 34.5 Å². The summed E-state index contributed by atoms with van der Waals surface area (Å²) in [5.41, 5.74) is 0. The molecule has 0 N–H and O–H groups in total. The SMILES string of the molecule is CC(C)(CC1CCC2OC2C1)[Si]1(C(C)(C)CC2CCC3OC3C2)C2=CC=C1C=C2. The van der Waals surface area contributed by atoms with Crippen LogP contribution in [0.3, 0.4) is 0 Å². The predicted octanol–water partition coefficient (Wildman–Crippen LogP) is 6.43. The van der Waals surface area contributed by atoms with E-state index in [0.717, 1.165) is 11.8 Å². The summed E-state index contributed by atoms with van der Waals surface area (Å²) in [6.45, 7) is 10.6. The maximum atomic E-state index is 5.87. The van der Waals surface area contributed by atoms with E-state index >= 15 is 0 Å². The van der Waals surface area contributed by atoms with E-state index in [2.05, 4.69) is 52.0 Å². The molecule has 2 saturated heterocycles. The molecule has 2 aliphatic carbocycles. The van der Waals surface area contributed by atoms with Crippen molar-refractivity contribution < 1.29 is 9.47 Å². The minimum atomic E-state index is -1.84. The van der Waals surface area contributed by atoms with Crippen molar-refractivity contribution in [2.24, 2.45) is 11.8 Å². The zero-order valence-electron chi connectivity index (χ0n) is 18.7. The minimum Gasteiger partial charge on any atom is -0.370 e. The van der Waals surface area contributed by atoms with Gasteiger partial charge in [0.15, 0.2) is 0 Å². The third kappa shape index (κ3) is 2.79. The van der Waals surface area contributed by atoms with Crippen LogP contribution in [0.4, 0.5) is 0 Å². The molecule has 2 bridgehead atoms. The Hall–Kier alpha value is -0.643. The van der Waals surface area contributed by atoms with Crippen molar-refractivity contribution in [2.45, 2.75) is 114 Å². The molecule has 4 heterocycles. The number of rotatable bonds is 6. The maximum absolute atomic E-state index is 5.87. The van der Waals surface area contributed by atoms with Crippen LogP contribution in [-0.4, -0.2) is 32.5 Å². The van der Waals surface area contributed by atoms with Gasteiger partial charge >= 0.3 is 0 Å². The molecular formula is C26H38O2Si. The molecule has 0 aromatic rings. The topological polar surface area (TPSA) is 25.1 Å². The van der Waals surface area contributed by atoms with Crippen molar-refractivity contribution in [1.82, 2.24) is 0 Å². The molecule has 6 unspecified atom stereocenters. The van der Waals surface area contributed by atoms with E-state index in [4.69, 9.17) is 9.47 Å². The van der Waals surface area contributed by atoms with Crippen LogP contribution >= 0.6 is 0 Å². The van der Waals surface area contributed by atoms with Crippen LogP contribution in [0.5, 0.6) is 0 Å². The van der Waals surface area contributed by atoms with Gasteiger partial charge in [0.1, 0.15) is 8.07 Å². The Morgan fingerprint density at radius 2 is 1.17 bits per heavy atom. The van der Waals surface area contributed by atoms with E-state index in [1.165, 1.54) is 51.4 Å². The normalized spacial score (nSPS) is 41.5. The molecule has 6 atom stereocenters. The van der Waals surface area contributed by atoms with E-state index in [1.807, 2.05) is 0 Å². The van der Waals surface area contributed by atoms with Gasteiger partial charge in [-0.25, -0.2) is 0 Å². The molecule has 4 fully saturated rings. The zero-order valence-corrected chi connectivity index (χ0v) is 19.7. The summed E-state index contributed by atoms with van der Waals surface area (Å²) in [6, 6.07) is 0. The summed E-state index contributed by atoms with van der Waals surface area (Å²) >= 11 is 0. The molecule has 6 aliphatic rings.